The third-order valence-electron chi connectivity index (χ3n) is 4.48. The molecule has 0 aliphatic rings. The maximum atomic E-state index is 4.83. The minimum absolute atomic E-state index is 0.837. The summed E-state index contributed by atoms with van der Waals surface area (Å²) in [5, 5.41) is 5.47. The van der Waals surface area contributed by atoms with Gasteiger partial charge in [0, 0.05) is 19.0 Å². The molecule has 4 aromatic rings. The van der Waals surface area contributed by atoms with E-state index >= 15 is 0 Å². The van der Waals surface area contributed by atoms with E-state index in [0.29, 0.717) is 0 Å². The summed E-state index contributed by atoms with van der Waals surface area (Å²) >= 11 is 1.69. The van der Waals surface area contributed by atoms with E-state index in [2.05, 4.69) is 85.9 Å². The largest absolute Gasteiger partial charge is 0.294 e. The van der Waals surface area contributed by atoms with E-state index in [0.717, 1.165) is 17.2 Å². The second-order valence-corrected chi connectivity index (χ2v) is 7.58. The van der Waals surface area contributed by atoms with Crippen LogP contribution >= 0.6 is 11.3 Å². The SMILES string of the molecule is Cc1ccc(C)c(CN(C)Nc2nc3c(ccc4ccccc43)s2)c1. The number of nitrogens with zero attached hydrogens (tertiary/aromatic N) is 2. The molecule has 4 heteroatoms. The van der Waals surface area contributed by atoms with E-state index in [1.54, 1.807) is 11.3 Å². The van der Waals surface area contributed by atoms with E-state index in [1.165, 1.54) is 32.2 Å². The number of nitrogens with one attached hydrogen (secondary N) is 1. The van der Waals surface area contributed by atoms with Gasteiger partial charge in [-0.15, -0.1) is 0 Å². The summed E-state index contributed by atoms with van der Waals surface area (Å²) in [6.45, 7) is 5.13. The fourth-order valence-corrected chi connectivity index (χ4v) is 4.07. The van der Waals surface area contributed by atoms with Crippen molar-refractivity contribution in [3.63, 3.8) is 0 Å². The molecule has 0 aliphatic carbocycles. The lowest BCUT2D eigenvalue weighted by Crippen LogP contribution is -2.25. The molecule has 0 fully saturated rings. The Labute approximate surface area is 151 Å². The van der Waals surface area contributed by atoms with Crippen molar-refractivity contribution in [3.8, 4) is 0 Å². The average Bonchev–Trinajstić information content (AvgIpc) is 3.01. The van der Waals surface area contributed by atoms with E-state index < -0.39 is 0 Å². The fraction of sp³-hybridized carbons (Fsp3) is 0.190. The van der Waals surface area contributed by atoms with Gasteiger partial charge in [-0.25, -0.2) is 9.99 Å². The smallest absolute Gasteiger partial charge is 0.198 e. The summed E-state index contributed by atoms with van der Waals surface area (Å²) in [6.07, 6.45) is 0. The molecule has 4 rings (SSSR count). The van der Waals surface area contributed by atoms with E-state index in [4.69, 9.17) is 4.98 Å². The standard InChI is InChI=1S/C21H21N3S/c1-14-8-9-15(2)17(12-14)13-24(3)23-21-22-20-18-7-5-4-6-16(18)10-11-19(20)25-21/h4-12H,13H2,1-3H3,(H,22,23). The first-order valence-corrected chi connectivity index (χ1v) is 9.24. The highest BCUT2D eigenvalue weighted by atomic mass is 32.1. The van der Waals surface area contributed by atoms with Gasteiger partial charge in [-0.05, 0) is 36.4 Å². The molecule has 0 bridgehead atoms. The minimum Gasteiger partial charge on any atom is -0.294 e. The molecule has 0 atom stereocenters. The molecule has 0 saturated carbocycles. The number of aromatic nitrogens is 1. The molecule has 3 aromatic carbocycles. The van der Waals surface area contributed by atoms with Gasteiger partial charge < -0.3 is 0 Å². The van der Waals surface area contributed by atoms with Crippen LogP contribution in [0.25, 0.3) is 21.0 Å². The van der Waals surface area contributed by atoms with Gasteiger partial charge in [-0.3, -0.25) is 5.43 Å². The zero-order valence-electron chi connectivity index (χ0n) is 14.7. The van der Waals surface area contributed by atoms with Crippen molar-refractivity contribution in [3.05, 3.63) is 71.3 Å². The highest BCUT2D eigenvalue weighted by Gasteiger charge is 2.10. The maximum Gasteiger partial charge on any atom is 0.198 e. The lowest BCUT2D eigenvalue weighted by atomic mass is 10.1. The summed E-state index contributed by atoms with van der Waals surface area (Å²) in [6, 6.07) is 19.3. The van der Waals surface area contributed by atoms with Crippen LogP contribution in [0.4, 0.5) is 5.13 Å². The molecular weight excluding hydrogens is 326 g/mol. The Morgan fingerprint density at radius 1 is 1.04 bits per heavy atom. The normalized spacial score (nSPS) is 11.5. The summed E-state index contributed by atoms with van der Waals surface area (Å²) < 4.78 is 1.21. The summed E-state index contributed by atoms with van der Waals surface area (Å²) in [5.41, 5.74) is 8.45. The van der Waals surface area contributed by atoms with Crippen LogP contribution in [0, 0.1) is 13.8 Å². The van der Waals surface area contributed by atoms with Crippen molar-refractivity contribution < 1.29 is 0 Å². The van der Waals surface area contributed by atoms with Crippen molar-refractivity contribution in [1.82, 2.24) is 9.99 Å². The lowest BCUT2D eigenvalue weighted by Gasteiger charge is -2.18. The highest BCUT2D eigenvalue weighted by molar-refractivity contribution is 7.22. The van der Waals surface area contributed by atoms with Gasteiger partial charge >= 0.3 is 0 Å². The Morgan fingerprint density at radius 2 is 1.88 bits per heavy atom. The zero-order chi connectivity index (χ0) is 17.4. The Hall–Kier alpha value is -2.43. The zero-order valence-corrected chi connectivity index (χ0v) is 15.5. The number of hydrogen-bond donors (Lipinski definition) is 1. The van der Waals surface area contributed by atoms with E-state index in [1.807, 2.05) is 0 Å². The number of hydrazine groups is 1. The molecular formula is C21H21N3S. The van der Waals surface area contributed by atoms with Crippen LogP contribution in [-0.4, -0.2) is 17.0 Å². The molecule has 0 radical (unpaired) electrons. The van der Waals surface area contributed by atoms with E-state index in [-0.39, 0.29) is 0 Å². The molecule has 25 heavy (non-hydrogen) atoms. The fourth-order valence-electron chi connectivity index (χ4n) is 3.14. The maximum absolute atomic E-state index is 4.83. The topological polar surface area (TPSA) is 28.2 Å². The van der Waals surface area contributed by atoms with Crippen LogP contribution in [-0.2, 0) is 6.54 Å². The average molecular weight is 347 g/mol. The van der Waals surface area contributed by atoms with Gasteiger partial charge in [-0.2, -0.15) is 0 Å². The second-order valence-electron chi connectivity index (χ2n) is 6.55. The highest BCUT2D eigenvalue weighted by Crippen LogP contribution is 2.31. The molecule has 1 heterocycles. The lowest BCUT2D eigenvalue weighted by molar-refractivity contribution is 0.394. The predicted octanol–water partition coefficient (Wildman–Crippen LogP) is 5.53. The van der Waals surface area contributed by atoms with Crippen molar-refractivity contribution in [1.29, 1.82) is 0 Å². The third kappa shape index (κ3) is 3.23. The van der Waals surface area contributed by atoms with Crippen LogP contribution in [0.15, 0.2) is 54.6 Å². The van der Waals surface area contributed by atoms with Gasteiger partial charge in [0.15, 0.2) is 5.13 Å². The van der Waals surface area contributed by atoms with Crippen LogP contribution in [0.2, 0.25) is 0 Å². The predicted molar refractivity (Wildman–Crippen MR) is 108 cm³/mol. The number of aryl methyl sites for hydroxylation is 2. The molecule has 0 unspecified atom stereocenters. The van der Waals surface area contributed by atoms with E-state index in [9.17, 15) is 0 Å². The van der Waals surface area contributed by atoms with Gasteiger partial charge in [-0.1, -0.05) is 65.4 Å². The van der Waals surface area contributed by atoms with Crippen molar-refractivity contribution in [2.45, 2.75) is 20.4 Å². The Bertz CT molecular complexity index is 1050. The quantitative estimate of drug-likeness (QED) is 0.492. The molecule has 1 aromatic heterocycles. The molecule has 126 valence electrons. The summed E-state index contributed by atoms with van der Waals surface area (Å²) in [7, 11) is 2.06. The van der Waals surface area contributed by atoms with Crippen LogP contribution in [0.5, 0.6) is 0 Å². The van der Waals surface area contributed by atoms with Crippen LogP contribution < -0.4 is 5.43 Å². The number of anilines is 1. The Morgan fingerprint density at radius 3 is 2.76 bits per heavy atom. The molecule has 0 saturated heterocycles. The van der Waals surface area contributed by atoms with Crippen molar-refractivity contribution in [2.75, 3.05) is 12.5 Å². The monoisotopic (exact) mass is 347 g/mol. The van der Waals surface area contributed by atoms with Gasteiger partial charge in [0.1, 0.15) is 0 Å². The van der Waals surface area contributed by atoms with Crippen LogP contribution in [0.1, 0.15) is 16.7 Å². The minimum atomic E-state index is 0.837. The molecule has 0 amide bonds. The van der Waals surface area contributed by atoms with Gasteiger partial charge in [0.2, 0.25) is 0 Å². The first kappa shape index (κ1) is 16.1. The first-order valence-electron chi connectivity index (χ1n) is 8.42. The molecule has 0 aliphatic heterocycles. The van der Waals surface area contributed by atoms with Crippen molar-refractivity contribution in [2.24, 2.45) is 0 Å². The number of hydrogen-bond acceptors (Lipinski definition) is 4. The Balaban J connectivity index is 1.60. The Kier molecular flexibility index (Phi) is 4.15. The number of fused-ring (bicyclic) bond motifs is 3. The molecule has 0 spiro atoms. The molecule has 1 N–H and O–H groups in total. The number of rotatable bonds is 4. The molecule has 3 nitrogen and oxygen atoms in total. The first-order chi connectivity index (χ1) is 12.1. The van der Waals surface area contributed by atoms with Crippen LogP contribution in [0.3, 0.4) is 0 Å². The van der Waals surface area contributed by atoms with Crippen molar-refractivity contribution >= 4 is 37.5 Å². The second kappa shape index (κ2) is 6.47. The number of benzene rings is 3. The summed E-state index contributed by atoms with van der Waals surface area (Å²) in [5.74, 6) is 0. The van der Waals surface area contributed by atoms with Gasteiger partial charge in [0.05, 0.1) is 10.2 Å². The number of thiazole rings is 1. The third-order valence-corrected chi connectivity index (χ3v) is 5.41. The van der Waals surface area contributed by atoms with Gasteiger partial charge in [0.25, 0.3) is 0 Å². The summed E-state index contributed by atoms with van der Waals surface area (Å²) in [4.78, 5) is 4.83.